The van der Waals surface area contributed by atoms with Crippen molar-refractivity contribution in [3.05, 3.63) is 29.8 Å². The van der Waals surface area contributed by atoms with Crippen molar-refractivity contribution >= 4 is 5.69 Å². The van der Waals surface area contributed by atoms with Crippen molar-refractivity contribution in [3.8, 4) is 0 Å². The van der Waals surface area contributed by atoms with E-state index < -0.39 is 0 Å². The van der Waals surface area contributed by atoms with Gasteiger partial charge < -0.3 is 10.2 Å². The Kier molecular flexibility index (Phi) is 6.81. The van der Waals surface area contributed by atoms with Crippen LogP contribution in [-0.2, 0) is 0 Å². The zero-order chi connectivity index (χ0) is 13.4. The molecular weight excluding hydrogens is 220 g/mol. The van der Waals surface area contributed by atoms with E-state index in [4.69, 9.17) is 0 Å². The van der Waals surface area contributed by atoms with Crippen molar-refractivity contribution in [2.45, 2.75) is 46.6 Å². The predicted molar refractivity (Wildman–Crippen MR) is 81.3 cm³/mol. The average Bonchev–Trinajstić information content (AvgIpc) is 2.42. The third-order valence-corrected chi connectivity index (χ3v) is 3.47. The van der Waals surface area contributed by atoms with Crippen LogP contribution < -0.4 is 10.2 Å². The molecule has 1 atom stereocenters. The van der Waals surface area contributed by atoms with E-state index in [1.54, 1.807) is 0 Å². The molecule has 2 heteroatoms. The molecule has 1 rings (SSSR count). The second-order valence-corrected chi connectivity index (χ2v) is 4.68. The number of hydrogen-bond donors (Lipinski definition) is 1. The van der Waals surface area contributed by atoms with Gasteiger partial charge in [0.2, 0.25) is 0 Å². The smallest absolute Gasteiger partial charge is 0.0366 e. The molecule has 0 aliphatic carbocycles. The molecule has 0 bridgehead atoms. The highest BCUT2D eigenvalue weighted by Gasteiger charge is 2.08. The van der Waals surface area contributed by atoms with E-state index in [0.29, 0.717) is 6.04 Å². The summed E-state index contributed by atoms with van der Waals surface area (Å²) >= 11 is 0. The van der Waals surface area contributed by atoms with Gasteiger partial charge in [0.15, 0.2) is 0 Å². The van der Waals surface area contributed by atoms with Gasteiger partial charge in [-0.25, -0.2) is 0 Å². The summed E-state index contributed by atoms with van der Waals surface area (Å²) in [4.78, 5) is 2.38. The van der Waals surface area contributed by atoms with E-state index in [0.717, 1.165) is 26.1 Å². The number of anilines is 1. The van der Waals surface area contributed by atoms with Gasteiger partial charge in [0.05, 0.1) is 0 Å². The Morgan fingerprint density at radius 1 is 1.00 bits per heavy atom. The Labute approximate surface area is 112 Å². The minimum atomic E-state index is 0.496. The van der Waals surface area contributed by atoms with Crippen LogP contribution >= 0.6 is 0 Å². The van der Waals surface area contributed by atoms with Crippen LogP contribution in [-0.4, -0.2) is 19.6 Å². The molecule has 0 aromatic heterocycles. The van der Waals surface area contributed by atoms with E-state index in [1.807, 2.05) is 0 Å². The van der Waals surface area contributed by atoms with Crippen molar-refractivity contribution in [1.29, 1.82) is 0 Å². The maximum Gasteiger partial charge on any atom is 0.0366 e. The minimum Gasteiger partial charge on any atom is -0.372 e. The van der Waals surface area contributed by atoms with E-state index in [1.165, 1.54) is 17.7 Å². The number of rotatable bonds is 8. The minimum absolute atomic E-state index is 0.496. The number of benzene rings is 1. The molecule has 0 aliphatic heterocycles. The van der Waals surface area contributed by atoms with Crippen molar-refractivity contribution in [2.24, 2.45) is 0 Å². The lowest BCUT2D eigenvalue weighted by molar-refractivity contribution is 0.518. The average molecular weight is 248 g/mol. The van der Waals surface area contributed by atoms with Crippen molar-refractivity contribution in [3.63, 3.8) is 0 Å². The molecule has 0 aliphatic rings. The summed E-state index contributed by atoms with van der Waals surface area (Å²) in [7, 11) is 0. The summed E-state index contributed by atoms with van der Waals surface area (Å²) in [6.07, 6.45) is 2.33. The Hall–Kier alpha value is -1.02. The third kappa shape index (κ3) is 4.02. The first kappa shape index (κ1) is 15.0. The van der Waals surface area contributed by atoms with Crippen LogP contribution in [0.1, 0.15) is 52.1 Å². The molecular formula is C16H28N2. The Bertz CT molecular complexity index is 314. The normalized spacial score (nSPS) is 12.4. The van der Waals surface area contributed by atoms with E-state index in [-0.39, 0.29) is 0 Å². The van der Waals surface area contributed by atoms with Gasteiger partial charge in [-0.05, 0) is 50.9 Å². The fraction of sp³-hybridized carbons (Fsp3) is 0.625. The molecule has 1 unspecified atom stereocenters. The van der Waals surface area contributed by atoms with Gasteiger partial charge in [-0.1, -0.05) is 26.0 Å². The second-order valence-electron chi connectivity index (χ2n) is 4.68. The van der Waals surface area contributed by atoms with Crippen molar-refractivity contribution in [2.75, 3.05) is 24.5 Å². The monoisotopic (exact) mass is 248 g/mol. The molecule has 1 N–H and O–H groups in total. The lowest BCUT2D eigenvalue weighted by atomic mass is 10.0. The van der Waals surface area contributed by atoms with Gasteiger partial charge in [0.25, 0.3) is 0 Å². The fourth-order valence-electron chi connectivity index (χ4n) is 2.32. The van der Waals surface area contributed by atoms with E-state index in [9.17, 15) is 0 Å². The molecule has 0 amide bonds. The summed E-state index contributed by atoms with van der Waals surface area (Å²) < 4.78 is 0. The zero-order valence-corrected chi connectivity index (χ0v) is 12.4. The molecule has 0 saturated carbocycles. The standard InChI is InChI=1S/C16H28N2/c1-5-13-17-16(6-2)14-9-11-15(12-10-14)18(7-3)8-4/h9-12,16-17H,5-8,13H2,1-4H3. The molecule has 2 nitrogen and oxygen atoms in total. The Morgan fingerprint density at radius 2 is 1.61 bits per heavy atom. The number of nitrogens with zero attached hydrogens (tertiary/aromatic N) is 1. The third-order valence-electron chi connectivity index (χ3n) is 3.47. The van der Waals surface area contributed by atoms with Crippen LogP contribution in [0.15, 0.2) is 24.3 Å². The van der Waals surface area contributed by atoms with Crippen LogP contribution in [0, 0.1) is 0 Å². The van der Waals surface area contributed by atoms with Crippen molar-refractivity contribution in [1.82, 2.24) is 5.32 Å². The number of hydrogen-bond acceptors (Lipinski definition) is 2. The summed E-state index contributed by atoms with van der Waals surface area (Å²) in [5, 5.41) is 3.60. The van der Waals surface area contributed by atoms with Crippen LogP contribution in [0.2, 0.25) is 0 Å². The van der Waals surface area contributed by atoms with Crippen LogP contribution in [0.4, 0.5) is 5.69 Å². The highest BCUT2D eigenvalue weighted by molar-refractivity contribution is 5.47. The SMILES string of the molecule is CCCNC(CC)c1ccc(N(CC)CC)cc1. The summed E-state index contributed by atoms with van der Waals surface area (Å²) in [5.74, 6) is 0. The van der Waals surface area contributed by atoms with Crippen LogP contribution in [0.25, 0.3) is 0 Å². The molecule has 18 heavy (non-hydrogen) atoms. The molecule has 0 heterocycles. The van der Waals surface area contributed by atoms with Gasteiger partial charge in [-0.15, -0.1) is 0 Å². The molecule has 1 aromatic rings. The van der Waals surface area contributed by atoms with Gasteiger partial charge in [-0.2, -0.15) is 0 Å². The first-order chi connectivity index (χ1) is 8.76. The maximum absolute atomic E-state index is 3.60. The zero-order valence-electron chi connectivity index (χ0n) is 12.4. The fourth-order valence-corrected chi connectivity index (χ4v) is 2.32. The first-order valence-electron chi connectivity index (χ1n) is 7.35. The largest absolute Gasteiger partial charge is 0.372 e. The van der Waals surface area contributed by atoms with Gasteiger partial charge in [0.1, 0.15) is 0 Å². The molecule has 102 valence electrons. The Balaban J connectivity index is 2.73. The quantitative estimate of drug-likeness (QED) is 0.748. The van der Waals surface area contributed by atoms with Crippen LogP contribution in [0.5, 0.6) is 0 Å². The van der Waals surface area contributed by atoms with Gasteiger partial charge in [-0.3, -0.25) is 0 Å². The highest BCUT2D eigenvalue weighted by Crippen LogP contribution is 2.21. The van der Waals surface area contributed by atoms with E-state index in [2.05, 4.69) is 62.2 Å². The highest BCUT2D eigenvalue weighted by atomic mass is 15.1. The topological polar surface area (TPSA) is 15.3 Å². The lowest BCUT2D eigenvalue weighted by Crippen LogP contribution is -2.23. The predicted octanol–water partition coefficient (Wildman–Crippen LogP) is 3.98. The van der Waals surface area contributed by atoms with E-state index >= 15 is 0 Å². The lowest BCUT2D eigenvalue weighted by Gasteiger charge is -2.22. The molecule has 1 aromatic carbocycles. The molecule has 0 fully saturated rings. The molecule has 0 spiro atoms. The molecule has 0 radical (unpaired) electrons. The summed E-state index contributed by atoms with van der Waals surface area (Å²) in [5.41, 5.74) is 2.73. The van der Waals surface area contributed by atoms with Crippen LogP contribution in [0.3, 0.4) is 0 Å². The van der Waals surface area contributed by atoms with Crippen molar-refractivity contribution < 1.29 is 0 Å². The van der Waals surface area contributed by atoms with Gasteiger partial charge >= 0.3 is 0 Å². The maximum atomic E-state index is 3.60. The molecule has 0 saturated heterocycles. The second kappa shape index (κ2) is 8.15. The van der Waals surface area contributed by atoms with Gasteiger partial charge in [0, 0.05) is 24.8 Å². The first-order valence-corrected chi connectivity index (χ1v) is 7.35. The number of nitrogens with one attached hydrogen (secondary N) is 1. The summed E-state index contributed by atoms with van der Waals surface area (Å²) in [6, 6.07) is 9.53. The summed E-state index contributed by atoms with van der Waals surface area (Å²) in [6.45, 7) is 12.1. The Morgan fingerprint density at radius 3 is 2.06 bits per heavy atom.